The van der Waals surface area contributed by atoms with Crippen LogP contribution in [0.15, 0.2) is 27.7 Å². The number of amides is 1. The Kier molecular flexibility index (Phi) is 7.26. The lowest BCUT2D eigenvalue weighted by molar-refractivity contribution is -0.143. The van der Waals surface area contributed by atoms with E-state index < -0.39 is 11.9 Å². The maximum absolute atomic E-state index is 11.8. The van der Waals surface area contributed by atoms with E-state index in [9.17, 15) is 9.59 Å². The van der Waals surface area contributed by atoms with E-state index in [0.29, 0.717) is 5.69 Å². The number of carbonyl (C=O) groups excluding carboxylic acids is 2. The first-order valence-electron chi connectivity index (χ1n) is 6.60. The highest BCUT2D eigenvalue weighted by atomic mass is 79.9. The molecule has 1 N–H and O–H groups in total. The van der Waals surface area contributed by atoms with Gasteiger partial charge in [-0.3, -0.25) is 14.6 Å². The number of aryl methyl sites for hydroxylation is 1. The molecular weight excluding hydrogens is 350 g/mol. The highest BCUT2D eigenvalue weighted by Gasteiger charge is 2.16. The molecule has 0 saturated carbocycles. The van der Waals surface area contributed by atoms with Crippen molar-refractivity contribution in [2.24, 2.45) is 10.9 Å². The van der Waals surface area contributed by atoms with Gasteiger partial charge in [0, 0.05) is 16.4 Å². The van der Waals surface area contributed by atoms with Gasteiger partial charge in [-0.15, -0.1) is 0 Å². The van der Waals surface area contributed by atoms with Crippen LogP contribution in [-0.4, -0.2) is 31.2 Å². The molecular formula is C15H16BrN3O3. The van der Waals surface area contributed by atoms with E-state index in [-0.39, 0.29) is 19.1 Å². The topological polar surface area (TPSA) is 91.6 Å². The summed E-state index contributed by atoms with van der Waals surface area (Å²) < 4.78 is 5.64. The van der Waals surface area contributed by atoms with Gasteiger partial charge in [0.2, 0.25) is 5.91 Å². The molecule has 0 aliphatic heterocycles. The summed E-state index contributed by atoms with van der Waals surface area (Å²) in [4.78, 5) is 27.0. The fourth-order valence-corrected chi connectivity index (χ4v) is 2.05. The van der Waals surface area contributed by atoms with E-state index in [2.05, 4.69) is 26.2 Å². The standard InChI is InChI=1S/C15H16BrN3O3/c1-3-22-15(21)11(7-17)8-18-9-14(20)19-13-5-4-12(16)6-10(13)2/h4-6,8,11H,3,9H2,1-2H3,(H,19,20)/t11-/m1/s1. The smallest absolute Gasteiger partial charge is 0.328 e. The number of hydrogen-bond donors (Lipinski definition) is 1. The van der Waals surface area contributed by atoms with E-state index in [1.54, 1.807) is 19.1 Å². The molecule has 1 amide bonds. The Balaban J connectivity index is 2.57. The normalized spacial score (nSPS) is 11.7. The summed E-state index contributed by atoms with van der Waals surface area (Å²) >= 11 is 3.34. The largest absolute Gasteiger partial charge is 0.465 e. The molecule has 0 radical (unpaired) electrons. The zero-order chi connectivity index (χ0) is 16.5. The number of hydrogen-bond acceptors (Lipinski definition) is 5. The maximum Gasteiger partial charge on any atom is 0.328 e. The van der Waals surface area contributed by atoms with E-state index in [1.807, 2.05) is 19.1 Å². The van der Waals surface area contributed by atoms with Gasteiger partial charge in [0.05, 0.1) is 12.7 Å². The number of carbonyl (C=O) groups is 2. The molecule has 0 heterocycles. The van der Waals surface area contributed by atoms with Crippen molar-refractivity contribution in [2.75, 3.05) is 18.5 Å². The first kappa shape index (κ1) is 17.9. The number of aliphatic imine (C=N–C) groups is 1. The average Bonchev–Trinajstić information content (AvgIpc) is 2.47. The van der Waals surface area contributed by atoms with Crippen molar-refractivity contribution >= 4 is 39.7 Å². The number of anilines is 1. The van der Waals surface area contributed by atoms with Gasteiger partial charge < -0.3 is 10.1 Å². The third-order valence-electron chi connectivity index (χ3n) is 2.63. The van der Waals surface area contributed by atoms with Crippen LogP contribution in [-0.2, 0) is 14.3 Å². The first-order valence-corrected chi connectivity index (χ1v) is 7.39. The van der Waals surface area contributed by atoms with Crippen molar-refractivity contribution in [2.45, 2.75) is 13.8 Å². The fourth-order valence-electron chi connectivity index (χ4n) is 1.58. The second-order valence-electron chi connectivity index (χ2n) is 4.36. The predicted molar refractivity (Wildman–Crippen MR) is 86.6 cm³/mol. The van der Waals surface area contributed by atoms with Crippen molar-refractivity contribution in [1.29, 1.82) is 5.26 Å². The lowest BCUT2D eigenvalue weighted by Crippen LogP contribution is -2.19. The van der Waals surface area contributed by atoms with Gasteiger partial charge in [-0.05, 0) is 37.6 Å². The molecule has 1 atom stereocenters. The molecule has 0 aliphatic rings. The summed E-state index contributed by atoms with van der Waals surface area (Å²) in [5, 5.41) is 11.5. The maximum atomic E-state index is 11.8. The molecule has 1 rings (SSSR count). The molecule has 6 nitrogen and oxygen atoms in total. The Hall–Kier alpha value is -2.20. The Morgan fingerprint density at radius 1 is 1.55 bits per heavy atom. The lowest BCUT2D eigenvalue weighted by Gasteiger charge is -2.07. The average molecular weight is 366 g/mol. The van der Waals surface area contributed by atoms with Crippen LogP contribution in [0.5, 0.6) is 0 Å². The minimum atomic E-state index is -1.10. The molecule has 116 valence electrons. The highest BCUT2D eigenvalue weighted by Crippen LogP contribution is 2.19. The van der Waals surface area contributed by atoms with Gasteiger partial charge >= 0.3 is 5.97 Å². The summed E-state index contributed by atoms with van der Waals surface area (Å²) in [5.41, 5.74) is 1.60. The molecule has 0 saturated heterocycles. The van der Waals surface area contributed by atoms with E-state index in [1.165, 1.54) is 0 Å². The predicted octanol–water partition coefficient (Wildman–Crippen LogP) is 2.47. The Bertz CT molecular complexity index is 623. The number of nitrogens with zero attached hydrogens (tertiary/aromatic N) is 2. The zero-order valence-corrected chi connectivity index (χ0v) is 13.9. The molecule has 0 bridgehead atoms. The molecule has 0 unspecified atom stereocenters. The number of ether oxygens (including phenoxy) is 1. The van der Waals surface area contributed by atoms with Gasteiger partial charge in [0.25, 0.3) is 0 Å². The van der Waals surface area contributed by atoms with Crippen LogP contribution < -0.4 is 5.32 Å². The van der Waals surface area contributed by atoms with Crippen LogP contribution in [0, 0.1) is 24.2 Å². The van der Waals surface area contributed by atoms with E-state index >= 15 is 0 Å². The fraction of sp³-hybridized carbons (Fsp3) is 0.333. The summed E-state index contributed by atoms with van der Waals surface area (Å²) in [6, 6.07) is 7.24. The van der Waals surface area contributed by atoms with E-state index in [0.717, 1.165) is 16.3 Å². The van der Waals surface area contributed by atoms with Gasteiger partial charge in [-0.1, -0.05) is 15.9 Å². The lowest BCUT2D eigenvalue weighted by atomic mass is 10.2. The number of nitriles is 1. The SMILES string of the molecule is CCOC(=O)[C@H](C#N)C=NCC(=O)Nc1ccc(Br)cc1C. The summed E-state index contributed by atoms with van der Waals surface area (Å²) in [6.07, 6.45) is 1.13. The summed E-state index contributed by atoms with van der Waals surface area (Å²) in [6.45, 7) is 3.54. The molecule has 22 heavy (non-hydrogen) atoms. The summed E-state index contributed by atoms with van der Waals surface area (Å²) in [7, 11) is 0. The third kappa shape index (κ3) is 5.66. The molecule has 7 heteroatoms. The van der Waals surface area contributed by atoms with E-state index in [4.69, 9.17) is 10.00 Å². The van der Waals surface area contributed by atoms with Crippen LogP contribution in [0.3, 0.4) is 0 Å². The van der Waals surface area contributed by atoms with Gasteiger partial charge in [0.1, 0.15) is 6.54 Å². The van der Waals surface area contributed by atoms with Crippen LogP contribution >= 0.6 is 15.9 Å². The molecule has 0 fully saturated rings. The van der Waals surface area contributed by atoms with Crippen molar-refractivity contribution in [3.8, 4) is 6.07 Å². The number of nitrogens with one attached hydrogen (secondary N) is 1. The van der Waals surface area contributed by atoms with Gasteiger partial charge in [-0.25, -0.2) is 0 Å². The molecule has 0 aromatic heterocycles. The monoisotopic (exact) mass is 365 g/mol. The van der Waals surface area contributed by atoms with Crippen LogP contribution in [0.1, 0.15) is 12.5 Å². The van der Waals surface area contributed by atoms with Crippen molar-refractivity contribution < 1.29 is 14.3 Å². The molecule has 1 aromatic rings. The number of rotatable bonds is 6. The van der Waals surface area contributed by atoms with Gasteiger partial charge in [0.15, 0.2) is 5.92 Å². The Morgan fingerprint density at radius 3 is 2.86 bits per heavy atom. The highest BCUT2D eigenvalue weighted by molar-refractivity contribution is 9.10. The summed E-state index contributed by atoms with van der Waals surface area (Å²) in [5.74, 6) is -2.10. The molecule has 0 aliphatic carbocycles. The van der Waals surface area contributed by atoms with Crippen molar-refractivity contribution in [3.05, 3.63) is 28.2 Å². The first-order chi connectivity index (χ1) is 10.5. The second kappa shape index (κ2) is 8.95. The van der Waals surface area contributed by atoms with Crippen LogP contribution in [0.2, 0.25) is 0 Å². The van der Waals surface area contributed by atoms with Crippen LogP contribution in [0.25, 0.3) is 0 Å². The quantitative estimate of drug-likeness (QED) is 0.619. The van der Waals surface area contributed by atoms with Crippen molar-refractivity contribution in [3.63, 3.8) is 0 Å². The number of benzene rings is 1. The third-order valence-corrected chi connectivity index (χ3v) is 3.12. The molecule has 0 spiro atoms. The van der Waals surface area contributed by atoms with Crippen molar-refractivity contribution in [1.82, 2.24) is 0 Å². The number of halogens is 1. The Labute approximate surface area is 137 Å². The minimum absolute atomic E-state index is 0.174. The van der Waals surface area contributed by atoms with Gasteiger partial charge in [-0.2, -0.15) is 5.26 Å². The minimum Gasteiger partial charge on any atom is -0.465 e. The number of esters is 1. The molecule has 1 aromatic carbocycles. The zero-order valence-electron chi connectivity index (χ0n) is 12.3. The van der Waals surface area contributed by atoms with Crippen LogP contribution in [0.4, 0.5) is 5.69 Å². The second-order valence-corrected chi connectivity index (χ2v) is 5.27. The Morgan fingerprint density at radius 2 is 2.27 bits per heavy atom.